The Hall–Kier alpha value is -3.38. The molecular weight excluding hydrogens is 364 g/mol. The van der Waals surface area contributed by atoms with E-state index in [9.17, 15) is 9.59 Å². The van der Waals surface area contributed by atoms with Gasteiger partial charge in [0.25, 0.3) is 0 Å². The predicted octanol–water partition coefficient (Wildman–Crippen LogP) is 2.53. The number of aromatic nitrogens is 2. The first-order valence-electron chi connectivity index (χ1n) is 9.60. The quantitative estimate of drug-likeness (QED) is 0.659. The number of para-hydroxylation sites is 2. The molecule has 6 nitrogen and oxygen atoms in total. The number of carbonyl (C=O) groups is 2. The van der Waals surface area contributed by atoms with Crippen LogP contribution in [-0.2, 0) is 22.6 Å². The van der Waals surface area contributed by atoms with Crippen molar-refractivity contribution in [1.82, 2.24) is 20.2 Å². The lowest BCUT2D eigenvalue weighted by Gasteiger charge is -2.26. The number of nitrogens with one attached hydrogen (secondary N) is 1. The van der Waals surface area contributed by atoms with Gasteiger partial charge in [0.2, 0.25) is 5.91 Å². The number of rotatable bonds is 6. The Bertz CT molecular complexity index is 1090. The molecule has 4 rings (SSSR count). The molecule has 1 aliphatic heterocycles. The minimum Gasteiger partial charge on any atom is -0.354 e. The summed E-state index contributed by atoms with van der Waals surface area (Å²) in [5, 5.41) is 2.84. The van der Waals surface area contributed by atoms with Gasteiger partial charge in [0, 0.05) is 31.6 Å². The fourth-order valence-corrected chi connectivity index (χ4v) is 3.56. The first-order chi connectivity index (χ1) is 14.1. The van der Waals surface area contributed by atoms with E-state index in [1.54, 1.807) is 6.20 Å². The van der Waals surface area contributed by atoms with Gasteiger partial charge >= 0.3 is 0 Å². The van der Waals surface area contributed by atoms with Crippen LogP contribution >= 0.6 is 0 Å². The Morgan fingerprint density at radius 3 is 2.76 bits per heavy atom. The van der Waals surface area contributed by atoms with Crippen molar-refractivity contribution in [1.29, 1.82) is 0 Å². The molecule has 0 radical (unpaired) electrons. The molecule has 0 unspecified atom stereocenters. The third-order valence-electron chi connectivity index (χ3n) is 4.93. The van der Waals surface area contributed by atoms with E-state index in [4.69, 9.17) is 4.98 Å². The number of carbonyl (C=O) groups excluding carboxylic acids is 2. The van der Waals surface area contributed by atoms with Crippen LogP contribution in [0.25, 0.3) is 22.3 Å². The summed E-state index contributed by atoms with van der Waals surface area (Å²) < 4.78 is 0. The Balaban J connectivity index is 1.70. The molecule has 1 saturated heterocycles. The molecule has 2 aromatic carbocycles. The van der Waals surface area contributed by atoms with Crippen molar-refractivity contribution in [3.63, 3.8) is 0 Å². The molecule has 2 heterocycles. The average molecular weight is 386 g/mol. The van der Waals surface area contributed by atoms with E-state index in [0.29, 0.717) is 19.6 Å². The zero-order chi connectivity index (χ0) is 20.2. The molecule has 0 spiro atoms. The Labute approximate surface area is 169 Å². The Kier molecular flexibility index (Phi) is 5.44. The van der Waals surface area contributed by atoms with Crippen molar-refractivity contribution in [3.05, 3.63) is 72.4 Å². The van der Waals surface area contributed by atoms with Crippen LogP contribution in [0.1, 0.15) is 11.1 Å². The van der Waals surface area contributed by atoms with Crippen LogP contribution in [0, 0.1) is 0 Å². The van der Waals surface area contributed by atoms with Gasteiger partial charge in [0.05, 0.1) is 29.5 Å². The van der Waals surface area contributed by atoms with Gasteiger partial charge in [0.15, 0.2) is 5.78 Å². The van der Waals surface area contributed by atoms with Crippen LogP contribution in [0.5, 0.6) is 0 Å². The molecule has 1 N–H and O–H groups in total. The SMILES string of the molecule is C=CC(=O)Cc1cc(CN2CCNC(=O)C2)cc(-c2cnc3ccccc3n2)c1. The molecule has 0 atom stereocenters. The zero-order valence-corrected chi connectivity index (χ0v) is 16.1. The molecule has 0 bridgehead atoms. The number of piperazine rings is 1. The van der Waals surface area contributed by atoms with Crippen molar-refractivity contribution < 1.29 is 9.59 Å². The summed E-state index contributed by atoms with van der Waals surface area (Å²) in [6, 6.07) is 13.8. The minimum absolute atomic E-state index is 0.0324. The highest BCUT2D eigenvalue weighted by Gasteiger charge is 2.17. The van der Waals surface area contributed by atoms with E-state index < -0.39 is 0 Å². The largest absolute Gasteiger partial charge is 0.354 e. The number of fused-ring (bicyclic) bond motifs is 1. The lowest BCUT2D eigenvalue weighted by molar-refractivity contribution is -0.124. The second-order valence-electron chi connectivity index (χ2n) is 7.19. The number of ketones is 1. The van der Waals surface area contributed by atoms with Crippen LogP contribution in [-0.4, -0.2) is 46.2 Å². The number of hydrogen-bond donors (Lipinski definition) is 1. The van der Waals surface area contributed by atoms with Crippen LogP contribution < -0.4 is 5.32 Å². The number of amides is 1. The van der Waals surface area contributed by atoms with Crippen LogP contribution in [0.15, 0.2) is 61.3 Å². The van der Waals surface area contributed by atoms with Crippen molar-refractivity contribution in [2.24, 2.45) is 0 Å². The van der Waals surface area contributed by atoms with E-state index in [1.165, 1.54) is 6.08 Å². The maximum atomic E-state index is 11.9. The van der Waals surface area contributed by atoms with Gasteiger partial charge in [0.1, 0.15) is 0 Å². The maximum absolute atomic E-state index is 11.9. The van der Waals surface area contributed by atoms with Gasteiger partial charge in [-0.15, -0.1) is 0 Å². The Morgan fingerprint density at radius 1 is 1.17 bits per heavy atom. The summed E-state index contributed by atoms with van der Waals surface area (Å²) in [6.45, 7) is 6.03. The van der Waals surface area contributed by atoms with Gasteiger partial charge in [-0.2, -0.15) is 0 Å². The highest BCUT2D eigenvalue weighted by Crippen LogP contribution is 2.24. The number of allylic oxidation sites excluding steroid dienone is 1. The second kappa shape index (κ2) is 8.32. The third-order valence-corrected chi connectivity index (χ3v) is 4.93. The van der Waals surface area contributed by atoms with Crippen molar-refractivity contribution >= 4 is 22.7 Å². The predicted molar refractivity (Wildman–Crippen MR) is 112 cm³/mol. The zero-order valence-electron chi connectivity index (χ0n) is 16.1. The molecule has 6 heteroatoms. The standard InChI is InChI=1S/C23H22N4O2/c1-2-19(28)12-16-9-17(14-27-8-7-24-23(29)15-27)11-18(10-16)22-13-25-20-5-3-4-6-21(20)26-22/h2-6,9-11,13H,1,7-8,12,14-15H2,(H,24,29). The monoisotopic (exact) mass is 386 g/mol. The Morgan fingerprint density at radius 2 is 1.97 bits per heavy atom. The molecule has 1 amide bonds. The highest BCUT2D eigenvalue weighted by atomic mass is 16.2. The lowest BCUT2D eigenvalue weighted by Crippen LogP contribution is -2.47. The van der Waals surface area contributed by atoms with Gasteiger partial charge in [-0.3, -0.25) is 19.5 Å². The fraction of sp³-hybridized carbons (Fsp3) is 0.217. The molecule has 1 aliphatic rings. The van der Waals surface area contributed by atoms with Gasteiger partial charge < -0.3 is 5.32 Å². The first-order valence-corrected chi connectivity index (χ1v) is 9.60. The first kappa shape index (κ1) is 19.0. The lowest BCUT2D eigenvalue weighted by atomic mass is 9.99. The van der Waals surface area contributed by atoms with Crippen molar-refractivity contribution in [3.8, 4) is 11.3 Å². The van der Waals surface area contributed by atoms with Crippen LogP contribution in [0.3, 0.4) is 0 Å². The molecular formula is C23H22N4O2. The van der Waals surface area contributed by atoms with Gasteiger partial charge in [-0.25, -0.2) is 4.98 Å². The molecule has 146 valence electrons. The summed E-state index contributed by atoms with van der Waals surface area (Å²) in [6.07, 6.45) is 3.39. The smallest absolute Gasteiger partial charge is 0.234 e. The molecule has 29 heavy (non-hydrogen) atoms. The summed E-state index contributed by atoms with van der Waals surface area (Å²) >= 11 is 0. The molecule has 0 saturated carbocycles. The highest BCUT2D eigenvalue weighted by molar-refractivity contribution is 5.91. The third kappa shape index (κ3) is 4.55. The average Bonchev–Trinajstić information content (AvgIpc) is 2.73. The second-order valence-corrected chi connectivity index (χ2v) is 7.19. The summed E-state index contributed by atoms with van der Waals surface area (Å²) in [5.74, 6) is 0.00454. The number of nitrogens with zero attached hydrogens (tertiary/aromatic N) is 3. The normalized spacial score (nSPS) is 14.6. The maximum Gasteiger partial charge on any atom is 0.234 e. The minimum atomic E-state index is -0.0324. The molecule has 0 aliphatic carbocycles. The van der Waals surface area contributed by atoms with Gasteiger partial charge in [-0.1, -0.05) is 24.8 Å². The molecule has 3 aromatic rings. The summed E-state index contributed by atoms with van der Waals surface area (Å²) in [5.41, 5.74) is 5.28. The van der Waals surface area contributed by atoms with Crippen LogP contribution in [0.4, 0.5) is 0 Å². The van der Waals surface area contributed by atoms with E-state index in [0.717, 1.165) is 40.0 Å². The topological polar surface area (TPSA) is 75.2 Å². The number of benzene rings is 2. The van der Waals surface area contributed by atoms with Crippen molar-refractivity contribution in [2.45, 2.75) is 13.0 Å². The van der Waals surface area contributed by atoms with E-state index in [2.05, 4.69) is 27.8 Å². The number of hydrogen-bond acceptors (Lipinski definition) is 5. The molecule has 1 fully saturated rings. The van der Waals surface area contributed by atoms with Gasteiger partial charge in [-0.05, 0) is 41.5 Å². The van der Waals surface area contributed by atoms with Crippen LogP contribution in [0.2, 0.25) is 0 Å². The van der Waals surface area contributed by atoms with Crippen molar-refractivity contribution in [2.75, 3.05) is 19.6 Å². The summed E-state index contributed by atoms with van der Waals surface area (Å²) in [7, 11) is 0. The summed E-state index contributed by atoms with van der Waals surface area (Å²) in [4.78, 5) is 35.0. The van der Waals surface area contributed by atoms with E-state index in [1.807, 2.05) is 36.4 Å². The molecule has 1 aromatic heterocycles. The fourth-order valence-electron chi connectivity index (χ4n) is 3.56. The van der Waals surface area contributed by atoms with E-state index >= 15 is 0 Å². The van der Waals surface area contributed by atoms with E-state index in [-0.39, 0.29) is 18.1 Å².